The van der Waals surface area contributed by atoms with Crippen LogP contribution < -0.4 is 5.73 Å². The van der Waals surface area contributed by atoms with E-state index in [0.29, 0.717) is 5.82 Å². The number of rotatable bonds is 3. The van der Waals surface area contributed by atoms with E-state index in [1.54, 1.807) is 46.4 Å². The predicted octanol–water partition coefficient (Wildman–Crippen LogP) is 5.24. The summed E-state index contributed by atoms with van der Waals surface area (Å²) in [4.78, 5) is 12.4. The normalized spacial score (nSPS) is 10.9. The van der Waals surface area contributed by atoms with Gasteiger partial charge in [0.25, 0.3) is 0 Å². The van der Waals surface area contributed by atoms with Gasteiger partial charge in [-0.15, -0.1) is 34.0 Å². The molecular weight excluding hydrogens is 330 g/mol. The Hall–Kier alpha value is -2.02. The van der Waals surface area contributed by atoms with Gasteiger partial charge in [0.05, 0.1) is 21.0 Å². The van der Waals surface area contributed by atoms with Crippen LogP contribution in [0.25, 0.3) is 31.6 Å². The van der Waals surface area contributed by atoms with Crippen LogP contribution in [-0.4, -0.2) is 9.97 Å². The first kappa shape index (κ1) is 13.6. The lowest BCUT2D eigenvalue weighted by molar-refractivity contribution is 1.18. The second kappa shape index (κ2) is 5.64. The van der Waals surface area contributed by atoms with Crippen molar-refractivity contribution in [2.75, 3.05) is 5.73 Å². The van der Waals surface area contributed by atoms with Crippen molar-refractivity contribution in [2.45, 2.75) is 0 Å². The van der Waals surface area contributed by atoms with E-state index < -0.39 is 0 Å². The standard InChI is InChI=1S/C16H11N3S3/c17-11-9-22-15(13(11)16-18-5-2-6-19-16)14-10(4-8-21-14)12-3-1-7-20-12/h1-9H,17H2. The van der Waals surface area contributed by atoms with Gasteiger partial charge in [0, 0.05) is 28.2 Å². The van der Waals surface area contributed by atoms with E-state index >= 15 is 0 Å². The molecule has 6 heteroatoms. The summed E-state index contributed by atoms with van der Waals surface area (Å²) in [6.45, 7) is 0. The maximum atomic E-state index is 6.19. The molecule has 0 atom stereocenters. The van der Waals surface area contributed by atoms with Crippen LogP contribution in [-0.2, 0) is 0 Å². The van der Waals surface area contributed by atoms with E-state index in [4.69, 9.17) is 5.73 Å². The molecule has 3 nitrogen and oxygen atoms in total. The zero-order valence-electron chi connectivity index (χ0n) is 11.4. The third-order valence-corrected chi connectivity index (χ3v) is 6.25. The lowest BCUT2D eigenvalue weighted by Gasteiger charge is -2.04. The SMILES string of the molecule is Nc1csc(-c2sccc2-c2cccs2)c1-c1ncccn1. The van der Waals surface area contributed by atoms with Crippen LogP contribution in [0, 0.1) is 0 Å². The van der Waals surface area contributed by atoms with E-state index in [0.717, 1.165) is 16.1 Å². The number of nitrogen functional groups attached to an aromatic ring is 1. The van der Waals surface area contributed by atoms with Crippen LogP contribution >= 0.6 is 34.0 Å². The topological polar surface area (TPSA) is 51.8 Å². The van der Waals surface area contributed by atoms with Gasteiger partial charge in [-0.1, -0.05) is 6.07 Å². The van der Waals surface area contributed by atoms with Crippen molar-refractivity contribution >= 4 is 39.7 Å². The molecule has 0 aliphatic heterocycles. The molecule has 4 rings (SSSR count). The van der Waals surface area contributed by atoms with Gasteiger partial charge in [0.2, 0.25) is 0 Å². The third-order valence-electron chi connectivity index (χ3n) is 3.27. The molecule has 0 bridgehead atoms. The van der Waals surface area contributed by atoms with Gasteiger partial charge in [0.15, 0.2) is 5.82 Å². The molecule has 0 aromatic carbocycles. The van der Waals surface area contributed by atoms with Gasteiger partial charge in [-0.05, 0) is 29.0 Å². The monoisotopic (exact) mass is 341 g/mol. The molecular formula is C16H11N3S3. The number of hydrogen-bond acceptors (Lipinski definition) is 6. The maximum Gasteiger partial charge on any atom is 0.162 e. The second-order valence-electron chi connectivity index (χ2n) is 4.61. The fourth-order valence-electron chi connectivity index (χ4n) is 2.31. The van der Waals surface area contributed by atoms with Gasteiger partial charge < -0.3 is 5.73 Å². The van der Waals surface area contributed by atoms with E-state index in [1.165, 1.54) is 15.3 Å². The number of anilines is 1. The summed E-state index contributed by atoms with van der Waals surface area (Å²) in [5, 5.41) is 6.19. The van der Waals surface area contributed by atoms with Crippen LogP contribution in [0.15, 0.2) is 52.8 Å². The largest absolute Gasteiger partial charge is 0.397 e. The number of nitrogens with two attached hydrogens (primary N) is 1. The van der Waals surface area contributed by atoms with E-state index in [-0.39, 0.29) is 0 Å². The molecule has 0 unspecified atom stereocenters. The zero-order valence-corrected chi connectivity index (χ0v) is 13.8. The van der Waals surface area contributed by atoms with E-state index in [2.05, 4.69) is 38.9 Å². The Bertz CT molecular complexity index is 892. The quantitative estimate of drug-likeness (QED) is 0.554. The zero-order chi connectivity index (χ0) is 14.9. The number of aromatic nitrogens is 2. The first-order chi connectivity index (χ1) is 10.8. The average Bonchev–Trinajstić information content (AvgIpc) is 3.27. The molecule has 4 aromatic rings. The molecule has 0 saturated carbocycles. The minimum absolute atomic E-state index is 0.682. The molecule has 0 aliphatic rings. The van der Waals surface area contributed by atoms with E-state index in [1.807, 2.05) is 11.4 Å². The Morgan fingerprint density at radius 3 is 2.50 bits per heavy atom. The second-order valence-corrected chi connectivity index (χ2v) is 7.35. The summed E-state index contributed by atoms with van der Waals surface area (Å²) in [6.07, 6.45) is 3.50. The molecule has 108 valence electrons. The summed E-state index contributed by atoms with van der Waals surface area (Å²) < 4.78 is 0. The molecule has 0 saturated heterocycles. The fourth-order valence-corrected chi connectivity index (χ4v) is 5.18. The highest BCUT2D eigenvalue weighted by Crippen LogP contribution is 2.47. The van der Waals surface area contributed by atoms with Crippen molar-refractivity contribution in [3.63, 3.8) is 0 Å². The van der Waals surface area contributed by atoms with Crippen LogP contribution in [0.3, 0.4) is 0 Å². The minimum atomic E-state index is 0.682. The summed E-state index contributed by atoms with van der Waals surface area (Å²) in [5.74, 6) is 0.682. The first-order valence-corrected chi connectivity index (χ1v) is 9.24. The van der Waals surface area contributed by atoms with Gasteiger partial charge in [-0.2, -0.15) is 0 Å². The Balaban J connectivity index is 1.91. The predicted molar refractivity (Wildman–Crippen MR) is 96.4 cm³/mol. The van der Waals surface area contributed by atoms with Crippen LogP contribution in [0.1, 0.15) is 0 Å². The molecule has 0 amide bonds. The summed E-state index contributed by atoms with van der Waals surface area (Å²) in [7, 11) is 0. The van der Waals surface area contributed by atoms with Gasteiger partial charge in [0.1, 0.15) is 0 Å². The van der Waals surface area contributed by atoms with Crippen molar-refractivity contribution in [3.05, 3.63) is 52.8 Å². The molecule has 22 heavy (non-hydrogen) atoms. The Morgan fingerprint density at radius 2 is 1.73 bits per heavy atom. The lowest BCUT2D eigenvalue weighted by atomic mass is 10.1. The van der Waals surface area contributed by atoms with Crippen LogP contribution in [0.5, 0.6) is 0 Å². The number of thiophene rings is 3. The van der Waals surface area contributed by atoms with Crippen molar-refractivity contribution in [3.8, 4) is 31.6 Å². The van der Waals surface area contributed by atoms with Gasteiger partial charge in [-0.25, -0.2) is 9.97 Å². The molecule has 0 radical (unpaired) electrons. The Morgan fingerprint density at radius 1 is 0.864 bits per heavy atom. The van der Waals surface area contributed by atoms with Crippen molar-refractivity contribution in [1.29, 1.82) is 0 Å². The van der Waals surface area contributed by atoms with Crippen molar-refractivity contribution in [2.24, 2.45) is 0 Å². The van der Waals surface area contributed by atoms with Gasteiger partial charge >= 0.3 is 0 Å². The third kappa shape index (κ3) is 2.25. The summed E-state index contributed by atoms with van der Waals surface area (Å²) in [6, 6.07) is 8.20. The summed E-state index contributed by atoms with van der Waals surface area (Å²) in [5.41, 5.74) is 9.10. The molecule has 4 heterocycles. The Labute approximate surface area is 139 Å². The van der Waals surface area contributed by atoms with Gasteiger partial charge in [-0.3, -0.25) is 0 Å². The number of hydrogen-bond donors (Lipinski definition) is 1. The average molecular weight is 341 g/mol. The Kier molecular flexibility index (Phi) is 3.49. The number of nitrogens with zero attached hydrogens (tertiary/aromatic N) is 2. The smallest absolute Gasteiger partial charge is 0.162 e. The molecule has 2 N–H and O–H groups in total. The van der Waals surface area contributed by atoms with Crippen LogP contribution in [0.2, 0.25) is 0 Å². The highest BCUT2D eigenvalue weighted by Gasteiger charge is 2.20. The highest BCUT2D eigenvalue weighted by molar-refractivity contribution is 7.22. The molecule has 0 fully saturated rings. The fraction of sp³-hybridized carbons (Fsp3) is 0. The first-order valence-electron chi connectivity index (χ1n) is 6.60. The van der Waals surface area contributed by atoms with E-state index in [9.17, 15) is 0 Å². The summed E-state index contributed by atoms with van der Waals surface area (Å²) >= 11 is 5.13. The van der Waals surface area contributed by atoms with Crippen molar-refractivity contribution in [1.82, 2.24) is 9.97 Å². The molecule has 0 spiro atoms. The lowest BCUT2D eigenvalue weighted by Crippen LogP contribution is -1.91. The maximum absolute atomic E-state index is 6.19. The van der Waals surface area contributed by atoms with Crippen molar-refractivity contribution < 1.29 is 0 Å². The molecule has 0 aliphatic carbocycles. The molecule has 4 aromatic heterocycles. The van der Waals surface area contributed by atoms with Crippen LogP contribution in [0.4, 0.5) is 5.69 Å². The minimum Gasteiger partial charge on any atom is -0.397 e. The highest BCUT2D eigenvalue weighted by atomic mass is 32.1.